The first-order valence-electron chi connectivity index (χ1n) is 10.9. The van der Waals surface area contributed by atoms with Crippen molar-refractivity contribution < 1.29 is 27.2 Å². The average Bonchev–Trinajstić information content (AvgIpc) is 3.28. The fraction of sp³-hybridized carbons (Fsp3) is 0.348. The molecule has 2 aromatic carbocycles. The van der Waals surface area contributed by atoms with Gasteiger partial charge in [0.2, 0.25) is 5.89 Å². The van der Waals surface area contributed by atoms with Crippen molar-refractivity contribution in [3.63, 3.8) is 0 Å². The lowest BCUT2D eigenvalue weighted by Crippen LogP contribution is -2.39. The lowest BCUT2D eigenvalue weighted by molar-refractivity contribution is -0.121. The Bertz CT molecular complexity index is 1300. The molecule has 2 heterocycles. The number of ether oxygens (including phenoxy) is 2. The minimum absolute atomic E-state index is 0.0877. The molecule has 0 unspecified atom stereocenters. The molecule has 0 spiro atoms. The van der Waals surface area contributed by atoms with Crippen molar-refractivity contribution >= 4 is 27.3 Å². The lowest BCUT2D eigenvalue weighted by atomic mass is 10.1. The molecule has 0 atom stereocenters. The quantitative estimate of drug-likeness (QED) is 0.477. The van der Waals surface area contributed by atoms with Crippen LogP contribution < -0.4 is 18.7 Å². The van der Waals surface area contributed by atoms with Crippen molar-refractivity contribution in [2.75, 3.05) is 29.5 Å². The van der Waals surface area contributed by atoms with Crippen molar-refractivity contribution in [2.24, 2.45) is 0 Å². The number of rotatable bonds is 8. The predicted octanol–water partition coefficient (Wildman–Crippen LogP) is 3.09. The molecule has 0 saturated heterocycles. The van der Waals surface area contributed by atoms with E-state index in [2.05, 4.69) is 10.1 Å². The Kier molecular flexibility index (Phi) is 6.47. The van der Waals surface area contributed by atoms with E-state index < -0.39 is 10.0 Å². The van der Waals surface area contributed by atoms with Crippen LogP contribution in [0.3, 0.4) is 0 Å². The number of nitrogens with zero attached hydrogens (tertiary/aromatic N) is 4. The summed E-state index contributed by atoms with van der Waals surface area (Å²) < 4.78 is 44.3. The minimum Gasteiger partial charge on any atom is -0.494 e. The fourth-order valence-corrected chi connectivity index (χ4v) is 5.04. The van der Waals surface area contributed by atoms with Gasteiger partial charge in [0, 0.05) is 19.5 Å². The highest BCUT2D eigenvalue weighted by Gasteiger charge is 2.31. The fourth-order valence-electron chi connectivity index (χ4n) is 3.63. The van der Waals surface area contributed by atoms with E-state index in [1.54, 1.807) is 37.3 Å². The van der Waals surface area contributed by atoms with Crippen LogP contribution in [-0.2, 0) is 27.8 Å². The Hall–Kier alpha value is -3.60. The standard InChI is InChI=1S/C23H26N4O6S/c1-5-22-24-21(25-33-22)13-27-18-11-15(3)20(12-19(18)32-14-23(27)28)34(29,30)26(4)16-7-9-17(10-8-16)31-6-2/h7-12H,5-6,13-14H2,1-4H3. The first-order chi connectivity index (χ1) is 16.2. The first kappa shape index (κ1) is 23.6. The van der Waals surface area contributed by atoms with Gasteiger partial charge in [0.05, 0.1) is 29.4 Å². The smallest absolute Gasteiger partial charge is 0.265 e. The van der Waals surface area contributed by atoms with E-state index in [4.69, 9.17) is 14.0 Å². The molecule has 0 aliphatic carbocycles. The van der Waals surface area contributed by atoms with E-state index in [1.165, 1.54) is 22.3 Å². The molecule has 0 saturated carbocycles. The van der Waals surface area contributed by atoms with E-state index in [0.717, 1.165) is 0 Å². The summed E-state index contributed by atoms with van der Waals surface area (Å²) in [6, 6.07) is 9.90. The summed E-state index contributed by atoms with van der Waals surface area (Å²) in [5, 5.41) is 3.91. The zero-order valence-corrected chi connectivity index (χ0v) is 20.3. The molecule has 34 heavy (non-hydrogen) atoms. The van der Waals surface area contributed by atoms with Crippen LogP contribution in [-0.4, -0.2) is 44.7 Å². The summed E-state index contributed by atoms with van der Waals surface area (Å²) in [6.07, 6.45) is 0.586. The third-order valence-electron chi connectivity index (χ3n) is 5.46. The monoisotopic (exact) mass is 486 g/mol. The third-order valence-corrected chi connectivity index (χ3v) is 7.39. The maximum Gasteiger partial charge on any atom is 0.265 e. The lowest BCUT2D eigenvalue weighted by Gasteiger charge is -2.30. The summed E-state index contributed by atoms with van der Waals surface area (Å²) in [5.41, 5.74) is 1.42. The zero-order chi connectivity index (χ0) is 24.5. The second-order valence-corrected chi connectivity index (χ2v) is 9.65. The van der Waals surface area contributed by atoms with E-state index in [0.29, 0.717) is 53.2 Å². The van der Waals surface area contributed by atoms with Crippen molar-refractivity contribution in [3.05, 3.63) is 53.7 Å². The third kappa shape index (κ3) is 4.43. The van der Waals surface area contributed by atoms with E-state index in [9.17, 15) is 13.2 Å². The molecule has 1 aliphatic heterocycles. The Balaban J connectivity index is 1.65. The number of carbonyl (C=O) groups excluding carboxylic acids is 1. The highest BCUT2D eigenvalue weighted by molar-refractivity contribution is 7.92. The van der Waals surface area contributed by atoms with Crippen LogP contribution in [0.15, 0.2) is 45.8 Å². The predicted molar refractivity (Wildman–Crippen MR) is 125 cm³/mol. The number of hydrogen-bond acceptors (Lipinski definition) is 8. The topological polar surface area (TPSA) is 115 Å². The SMILES string of the molecule is CCOc1ccc(N(C)S(=O)(=O)c2cc3c(cc2C)N(Cc2noc(CC)n2)C(=O)CO3)cc1. The van der Waals surface area contributed by atoms with Crippen molar-refractivity contribution in [1.82, 2.24) is 10.1 Å². The summed E-state index contributed by atoms with van der Waals surface area (Å²) in [7, 11) is -2.41. The Labute approximate surface area is 198 Å². The molecule has 0 bridgehead atoms. The number of amides is 1. The van der Waals surface area contributed by atoms with E-state index >= 15 is 0 Å². The average molecular weight is 487 g/mol. The minimum atomic E-state index is -3.90. The van der Waals surface area contributed by atoms with Crippen LogP contribution in [0.5, 0.6) is 11.5 Å². The van der Waals surface area contributed by atoms with E-state index in [-0.39, 0.29) is 24.0 Å². The second kappa shape index (κ2) is 9.34. The number of hydrogen-bond donors (Lipinski definition) is 0. The molecule has 0 radical (unpaired) electrons. The molecule has 3 aromatic rings. The van der Waals surface area contributed by atoms with Crippen molar-refractivity contribution in [3.8, 4) is 11.5 Å². The number of aromatic nitrogens is 2. The summed E-state index contributed by atoms with van der Waals surface area (Å²) in [6.45, 7) is 5.85. The maximum atomic E-state index is 13.4. The normalized spacial score (nSPS) is 13.4. The van der Waals surface area contributed by atoms with Gasteiger partial charge in [0.15, 0.2) is 12.4 Å². The first-order valence-corrected chi connectivity index (χ1v) is 12.3. The van der Waals surface area contributed by atoms with Gasteiger partial charge in [-0.15, -0.1) is 0 Å². The van der Waals surface area contributed by atoms with Gasteiger partial charge in [0.1, 0.15) is 11.5 Å². The second-order valence-electron chi connectivity index (χ2n) is 7.71. The molecule has 11 heteroatoms. The molecule has 4 rings (SSSR count). The van der Waals surface area contributed by atoms with Crippen LogP contribution in [0.2, 0.25) is 0 Å². The van der Waals surface area contributed by atoms with E-state index in [1.807, 2.05) is 13.8 Å². The summed E-state index contributed by atoms with van der Waals surface area (Å²) in [5.74, 6) is 1.52. The molecular formula is C23H26N4O6S. The highest BCUT2D eigenvalue weighted by Crippen LogP contribution is 2.38. The van der Waals surface area contributed by atoms with Gasteiger partial charge in [-0.2, -0.15) is 4.98 Å². The number of sulfonamides is 1. The van der Waals surface area contributed by atoms with Crippen LogP contribution >= 0.6 is 0 Å². The number of anilines is 2. The van der Waals surface area contributed by atoms with Crippen LogP contribution in [0.1, 0.15) is 31.1 Å². The molecule has 10 nitrogen and oxygen atoms in total. The van der Waals surface area contributed by atoms with Crippen LogP contribution in [0.25, 0.3) is 0 Å². The number of benzene rings is 2. The van der Waals surface area contributed by atoms with Crippen LogP contribution in [0.4, 0.5) is 11.4 Å². The maximum absolute atomic E-state index is 13.4. The highest BCUT2D eigenvalue weighted by atomic mass is 32.2. The van der Waals surface area contributed by atoms with Crippen molar-refractivity contribution in [2.45, 2.75) is 38.6 Å². The molecule has 0 N–H and O–H groups in total. The summed E-state index contributed by atoms with van der Waals surface area (Å²) in [4.78, 5) is 18.4. The van der Waals surface area contributed by atoms with Gasteiger partial charge < -0.3 is 14.0 Å². The molecule has 180 valence electrons. The Morgan fingerprint density at radius 2 is 1.91 bits per heavy atom. The number of fused-ring (bicyclic) bond motifs is 1. The summed E-state index contributed by atoms with van der Waals surface area (Å²) >= 11 is 0. The van der Waals surface area contributed by atoms with Gasteiger partial charge in [-0.3, -0.25) is 14.0 Å². The molecule has 1 aromatic heterocycles. The van der Waals surface area contributed by atoms with Gasteiger partial charge >= 0.3 is 0 Å². The molecule has 1 amide bonds. The molecule has 1 aliphatic rings. The van der Waals surface area contributed by atoms with Gasteiger partial charge in [0.25, 0.3) is 15.9 Å². The Morgan fingerprint density at radius 1 is 1.18 bits per heavy atom. The number of carbonyl (C=O) groups is 1. The number of aryl methyl sites for hydroxylation is 2. The van der Waals surface area contributed by atoms with Gasteiger partial charge in [-0.1, -0.05) is 12.1 Å². The van der Waals surface area contributed by atoms with Crippen LogP contribution in [0, 0.1) is 6.92 Å². The van der Waals surface area contributed by atoms with Crippen molar-refractivity contribution in [1.29, 1.82) is 0 Å². The molecule has 0 fully saturated rings. The Morgan fingerprint density at radius 3 is 2.56 bits per heavy atom. The largest absolute Gasteiger partial charge is 0.494 e. The molecular weight excluding hydrogens is 460 g/mol. The van der Waals surface area contributed by atoms with Gasteiger partial charge in [-0.05, 0) is 49.7 Å². The zero-order valence-electron chi connectivity index (χ0n) is 19.4. The van der Waals surface area contributed by atoms with Gasteiger partial charge in [-0.25, -0.2) is 8.42 Å².